The molecule has 1 aromatic heterocycles. The summed E-state index contributed by atoms with van der Waals surface area (Å²) < 4.78 is 16.5. The summed E-state index contributed by atoms with van der Waals surface area (Å²) in [6, 6.07) is 12.8. The van der Waals surface area contributed by atoms with Gasteiger partial charge in [-0.3, -0.25) is 14.5 Å². The fourth-order valence-electron chi connectivity index (χ4n) is 4.88. The number of aliphatic hydroxyl groups excluding tert-OH is 1. The highest BCUT2D eigenvalue weighted by Gasteiger charge is 2.48. The van der Waals surface area contributed by atoms with Gasteiger partial charge < -0.3 is 24.3 Å². The van der Waals surface area contributed by atoms with Gasteiger partial charge in [0, 0.05) is 0 Å². The molecule has 212 valence electrons. The minimum absolute atomic E-state index is 0.00216. The Morgan fingerprint density at radius 1 is 1.02 bits per heavy atom. The lowest BCUT2D eigenvalue weighted by molar-refractivity contribution is -0.132. The number of fused-ring (bicyclic) bond motifs is 1. The number of ether oxygens (including phenoxy) is 3. The highest BCUT2D eigenvalue weighted by atomic mass is 35.5. The molecule has 1 fully saturated rings. The van der Waals surface area contributed by atoms with Crippen LogP contribution in [-0.2, 0) is 9.59 Å². The SMILES string of the molecule is COc1c(Cl)cc(/C(O)=C2\C(=O)C(=O)N(c3nc4ccc(C)cc4[nH]3)C2c2ccc(OC(C)C)cc2)c(OC)c1Cl. The number of aromatic nitrogens is 2. The number of aryl methyl sites for hydroxylation is 1. The van der Waals surface area contributed by atoms with Gasteiger partial charge >= 0.3 is 5.91 Å². The van der Waals surface area contributed by atoms with Gasteiger partial charge in [-0.1, -0.05) is 41.4 Å². The summed E-state index contributed by atoms with van der Waals surface area (Å²) >= 11 is 12.9. The first-order valence-electron chi connectivity index (χ1n) is 12.7. The van der Waals surface area contributed by atoms with E-state index in [9.17, 15) is 14.7 Å². The van der Waals surface area contributed by atoms with Crippen LogP contribution in [0.3, 0.4) is 0 Å². The summed E-state index contributed by atoms with van der Waals surface area (Å²) in [5.74, 6) is -1.40. The third-order valence-electron chi connectivity index (χ3n) is 6.66. The van der Waals surface area contributed by atoms with E-state index in [0.717, 1.165) is 5.56 Å². The van der Waals surface area contributed by atoms with Crippen molar-refractivity contribution in [2.24, 2.45) is 0 Å². The van der Waals surface area contributed by atoms with Gasteiger partial charge in [0.05, 0.1) is 53.6 Å². The zero-order valence-corrected chi connectivity index (χ0v) is 24.4. The standard InChI is InChI=1S/C30H27Cl2N3O6/c1-14(2)41-17-9-7-16(8-10-17)24-22(25(36)18-13-19(31)28(40-5)23(32)27(18)39-4)26(37)29(38)35(24)30-33-20-11-6-15(3)12-21(20)34-30/h6-14,24,36H,1-5H3,(H,33,34)/b25-22+. The number of nitrogens with one attached hydrogen (secondary N) is 1. The van der Waals surface area contributed by atoms with Crippen LogP contribution in [-0.4, -0.2) is 47.1 Å². The van der Waals surface area contributed by atoms with Gasteiger partial charge in [0.2, 0.25) is 5.95 Å². The molecule has 1 unspecified atom stereocenters. The van der Waals surface area contributed by atoms with Crippen LogP contribution >= 0.6 is 23.2 Å². The third kappa shape index (κ3) is 4.96. The summed E-state index contributed by atoms with van der Waals surface area (Å²) in [4.78, 5) is 36.3. The normalized spacial score (nSPS) is 16.6. The maximum absolute atomic E-state index is 13.7. The average molecular weight is 596 g/mol. The number of anilines is 1. The predicted octanol–water partition coefficient (Wildman–Crippen LogP) is 6.61. The van der Waals surface area contributed by atoms with Crippen LogP contribution in [0.25, 0.3) is 16.8 Å². The maximum Gasteiger partial charge on any atom is 0.302 e. The second-order valence-corrected chi connectivity index (χ2v) is 10.6. The predicted molar refractivity (Wildman–Crippen MR) is 157 cm³/mol. The molecule has 0 spiro atoms. The van der Waals surface area contributed by atoms with E-state index in [4.69, 9.17) is 37.4 Å². The molecule has 5 rings (SSSR count). The molecule has 0 bridgehead atoms. The van der Waals surface area contributed by atoms with E-state index in [1.165, 1.54) is 25.2 Å². The van der Waals surface area contributed by atoms with Gasteiger partial charge in [0.15, 0.2) is 11.5 Å². The minimum Gasteiger partial charge on any atom is -0.507 e. The Morgan fingerprint density at radius 3 is 2.34 bits per heavy atom. The third-order valence-corrected chi connectivity index (χ3v) is 7.28. The van der Waals surface area contributed by atoms with Crippen LogP contribution in [0.2, 0.25) is 10.0 Å². The molecule has 1 saturated heterocycles. The van der Waals surface area contributed by atoms with Crippen molar-refractivity contribution in [2.45, 2.75) is 32.9 Å². The van der Waals surface area contributed by atoms with Crippen molar-refractivity contribution in [3.8, 4) is 17.2 Å². The molecule has 3 aromatic carbocycles. The number of aliphatic hydroxyl groups is 1. The van der Waals surface area contributed by atoms with E-state index in [-0.39, 0.29) is 44.7 Å². The number of aromatic amines is 1. The Morgan fingerprint density at radius 2 is 1.71 bits per heavy atom. The molecule has 0 aliphatic carbocycles. The second-order valence-electron chi connectivity index (χ2n) is 9.77. The summed E-state index contributed by atoms with van der Waals surface area (Å²) in [5, 5.41) is 11.7. The zero-order valence-electron chi connectivity index (χ0n) is 22.9. The minimum atomic E-state index is -1.06. The van der Waals surface area contributed by atoms with Gasteiger partial charge in [-0.05, 0) is 62.2 Å². The molecular weight excluding hydrogens is 569 g/mol. The topological polar surface area (TPSA) is 114 Å². The summed E-state index contributed by atoms with van der Waals surface area (Å²) in [6.45, 7) is 5.75. The lowest BCUT2D eigenvalue weighted by Crippen LogP contribution is -2.30. The highest BCUT2D eigenvalue weighted by molar-refractivity contribution is 6.51. The Balaban J connectivity index is 1.75. The number of imidazole rings is 1. The first-order chi connectivity index (χ1) is 19.5. The molecule has 1 aliphatic rings. The number of nitrogens with zero attached hydrogens (tertiary/aromatic N) is 2. The number of benzene rings is 3. The van der Waals surface area contributed by atoms with Crippen LogP contribution in [0.4, 0.5) is 5.95 Å². The van der Waals surface area contributed by atoms with Crippen LogP contribution in [0.15, 0.2) is 54.1 Å². The van der Waals surface area contributed by atoms with Gasteiger partial charge in [0.1, 0.15) is 16.5 Å². The molecule has 0 saturated carbocycles. The number of Topliss-reactive ketones (excluding diaryl/α,β-unsaturated/α-hetero) is 1. The van der Waals surface area contributed by atoms with E-state index >= 15 is 0 Å². The molecule has 4 aromatic rings. The van der Waals surface area contributed by atoms with Crippen molar-refractivity contribution in [3.05, 3.63) is 80.8 Å². The average Bonchev–Trinajstić information content (AvgIpc) is 3.45. The highest BCUT2D eigenvalue weighted by Crippen LogP contribution is 2.48. The van der Waals surface area contributed by atoms with E-state index in [1.807, 2.05) is 39.0 Å². The van der Waals surface area contributed by atoms with E-state index in [2.05, 4.69) is 9.97 Å². The lowest BCUT2D eigenvalue weighted by atomic mass is 9.95. The number of hydrogen-bond acceptors (Lipinski definition) is 7. The molecule has 1 aliphatic heterocycles. The summed E-state index contributed by atoms with van der Waals surface area (Å²) in [7, 11) is 2.74. The Kier molecular flexibility index (Phi) is 7.59. The number of rotatable bonds is 7. The van der Waals surface area contributed by atoms with Gasteiger partial charge in [-0.15, -0.1) is 0 Å². The van der Waals surface area contributed by atoms with E-state index < -0.39 is 23.5 Å². The van der Waals surface area contributed by atoms with Crippen LogP contribution in [0.1, 0.15) is 36.6 Å². The van der Waals surface area contributed by atoms with Gasteiger partial charge in [0.25, 0.3) is 5.78 Å². The monoisotopic (exact) mass is 595 g/mol. The number of carbonyl (C=O) groups is 2. The van der Waals surface area contributed by atoms with E-state index in [0.29, 0.717) is 22.3 Å². The molecule has 2 N–H and O–H groups in total. The molecule has 9 nitrogen and oxygen atoms in total. The fourth-order valence-corrected chi connectivity index (χ4v) is 5.57. The number of amides is 1. The summed E-state index contributed by atoms with van der Waals surface area (Å²) in [6.07, 6.45) is -0.0532. The molecular formula is C30H27Cl2N3O6. The Bertz CT molecular complexity index is 1710. The first kappa shape index (κ1) is 28.3. The Hall–Kier alpha value is -4.21. The number of ketones is 1. The molecule has 0 radical (unpaired) electrons. The maximum atomic E-state index is 13.7. The van der Waals surface area contributed by atoms with Crippen molar-refractivity contribution in [2.75, 3.05) is 19.1 Å². The first-order valence-corrected chi connectivity index (χ1v) is 13.5. The number of methoxy groups -OCH3 is 2. The smallest absolute Gasteiger partial charge is 0.302 e. The van der Waals surface area contributed by atoms with Gasteiger partial charge in [-0.25, -0.2) is 4.98 Å². The molecule has 1 atom stereocenters. The van der Waals surface area contributed by atoms with Crippen LogP contribution in [0.5, 0.6) is 17.2 Å². The van der Waals surface area contributed by atoms with Crippen molar-refractivity contribution in [3.63, 3.8) is 0 Å². The fraction of sp³-hybridized carbons (Fsp3) is 0.233. The number of halogens is 2. The van der Waals surface area contributed by atoms with Crippen LogP contribution < -0.4 is 19.1 Å². The largest absolute Gasteiger partial charge is 0.507 e. The van der Waals surface area contributed by atoms with Crippen molar-refractivity contribution in [1.82, 2.24) is 9.97 Å². The van der Waals surface area contributed by atoms with Crippen molar-refractivity contribution in [1.29, 1.82) is 0 Å². The molecule has 11 heteroatoms. The quantitative estimate of drug-likeness (QED) is 0.140. The molecule has 2 heterocycles. The Labute approximate surface area is 246 Å². The van der Waals surface area contributed by atoms with E-state index in [1.54, 1.807) is 24.3 Å². The molecule has 1 amide bonds. The van der Waals surface area contributed by atoms with Crippen LogP contribution in [0, 0.1) is 6.92 Å². The number of hydrogen-bond donors (Lipinski definition) is 2. The van der Waals surface area contributed by atoms with Crippen molar-refractivity contribution < 1.29 is 28.9 Å². The number of H-pyrrole nitrogens is 1. The summed E-state index contributed by atoms with van der Waals surface area (Å²) in [5.41, 5.74) is 2.65. The molecule has 41 heavy (non-hydrogen) atoms. The van der Waals surface area contributed by atoms with Crippen molar-refractivity contribution >= 4 is 57.6 Å². The zero-order chi connectivity index (χ0) is 29.6. The second kappa shape index (κ2) is 11.0. The number of carbonyl (C=O) groups excluding carboxylic acids is 2. The lowest BCUT2D eigenvalue weighted by Gasteiger charge is -2.24. The van der Waals surface area contributed by atoms with Gasteiger partial charge in [-0.2, -0.15) is 0 Å².